The van der Waals surface area contributed by atoms with E-state index in [0.717, 1.165) is 5.56 Å². The van der Waals surface area contributed by atoms with Crippen LogP contribution in [0, 0.1) is 12.8 Å². The molecule has 164 valence electrons. The molecule has 0 aliphatic carbocycles. The quantitative estimate of drug-likeness (QED) is 0.556. The summed E-state index contributed by atoms with van der Waals surface area (Å²) in [5.41, 5.74) is 1.07. The van der Waals surface area contributed by atoms with E-state index in [1.165, 1.54) is 7.11 Å². The summed E-state index contributed by atoms with van der Waals surface area (Å²) in [6, 6.07) is 7.88. The monoisotopic (exact) mass is 463 g/mol. The highest BCUT2D eigenvalue weighted by Crippen LogP contribution is 2.49. The largest absolute Gasteiger partial charge is 0.495 e. The van der Waals surface area contributed by atoms with Crippen molar-refractivity contribution < 1.29 is 19.4 Å². The second-order valence-electron chi connectivity index (χ2n) is 8.02. The van der Waals surface area contributed by atoms with Crippen LogP contribution >= 0.6 is 23.2 Å². The summed E-state index contributed by atoms with van der Waals surface area (Å²) < 4.78 is 5.32. The number of carbonyl (C=O) groups is 2. The number of aryl methyl sites for hydroxylation is 1. The lowest BCUT2D eigenvalue weighted by Gasteiger charge is -2.30. The second-order valence-corrected chi connectivity index (χ2v) is 8.89. The molecule has 1 spiro atoms. The number of rotatable bonds is 4. The Kier molecular flexibility index (Phi) is 5.64. The molecule has 1 saturated heterocycles. The molecular weight excluding hydrogens is 441 g/mol. The molecule has 4 atom stereocenters. The Balaban J connectivity index is 1.79. The highest BCUT2D eigenvalue weighted by molar-refractivity contribution is 6.31. The Bertz CT molecular complexity index is 1070. The lowest BCUT2D eigenvalue weighted by Crippen LogP contribution is -2.53. The molecule has 7 nitrogen and oxygen atoms in total. The van der Waals surface area contributed by atoms with Crippen molar-refractivity contribution in [3.05, 3.63) is 51.5 Å². The fourth-order valence-electron chi connectivity index (χ4n) is 4.55. The molecule has 0 bridgehead atoms. The number of anilines is 2. The van der Waals surface area contributed by atoms with E-state index in [1.807, 2.05) is 6.92 Å². The third-order valence-electron chi connectivity index (χ3n) is 6.07. The molecule has 2 amide bonds. The van der Waals surface area contributed by atoms with Gasteiger partial charge in [0.15, 0.2) is 0 Å². The summed E-state index contributed by atoms with van der Waals surface area (Å²) in [6.07, 6.45) is -0.516. The lowest BCUT2D eigenvalue weighted by atomic mass is 9.79. The number of amides is 2. The van der Waals surface area contributed by atoms with Crippen molar-refractivity contribution in [1.82, 2.24) is 5.32 Å². The van der Waals surface area contributed by atoms with E-state index in [0.29, 0.717) is 32.7 Å². The van der Waals surface area contributed by atoms with Crippen molar-refractivity contribution in [2.45, 2.75) is 38.0 Å². The summed E-state index contributed by atoms with van der Waals surface area (Å²) in [5, 5.41) is 20.1. The van der Waals surface area contributed by atoms with Crippen LogP contribution in [0.1, 0.15) is 24.5 Å². The average molecular weight is 464 g/mol. The van der Waals surface area contributed by atoms with Crippen LogP contribution in [0.15, 0.2) is 30.3 Å². The molecule has 4 N–H and O–H groups in total. The van der Waals surface area contributed by atoms with E-state index in [4.69, 9.17) is 27.9 Å². The van der Waals surface area contributed by atoms with Crippen LogP contribution in [-0.2, 0) is 15.1 Å². The average Bonchev–Trinajstić information content (AvgIpc) is 3.23. The first-order valence-corrected chi connectivity index (χ1v) is 10.6. The summed E-state index contributed by atoms with van der Waals surface area (Å²) in [5.74, 6) is -1.11. The number of fused-ring (bicyclic) bond motifs is 2. The van der Waals surface area contributed by atoms with Crippen LogP contribution in [-0.4, -0.2) is 36.2 Å². The number of benzene rings is 2. The summed E-state index contributed by atoms with van der Waals surface area (Å²) >= 11 is 12.4. The van der Waals surface area contributed by atoms with Gasteiger partial charge in [-0.3, -0.25) is 14.9 Å². The van der Waals surface area contributed by atoms with E-state index < -0.39 is 29.5 Å². The molecule has 31 heavy (non-hydrogen) atoms. The van der Waals surface area contributed by atoms with E-state index in [1.54, 1.807) is 37.3 Å². The molecule has 0 radical (unpaired) electrons. The van der Waals surface area contributed by atoms with Crippen molar-refractivity contribution in [2.75, 3.05) is 17.7 Å². The van der Waals surface area contributed by atoms with Crippen molar-refractivity contribution in [3.8, 4) is 5.75 Å². The third-order valence-corrected chi connectivity index (χ3v) is 6.52. The van der Waals surface area contributed by atoms with Crippen LogP contribution in [0.5, 0.6) is 5.75 Å². The van der Waals surface area contributed by atoms with Gasteiger partial charge in [-0.2, -0.15) is 0 Å². The molecule has 9 heteroatoms. The fraction of sp³-hybridized carbons (Fsp3) is 0.364. The molecule has 2 heterocycles. The maximum Gasteiger partial charge on any atom is 0.250 e. The Morgan fingerprint density at radius 3 is 2.71 bits per heavy atom. The van der Waals surface area contributed by atoms with E-state index in [2.05, 4.69) is 16.0 Å². The summed E-state index contributed by atoms with van der Waals surface area (Å²) in [6.45, 7) is 3.47. The van der Waals surface area contributed by atoms with Gasteiger partial charge in [-0.05, 0) is 56.2 Å². The predicted molar refractivity (Wildman–Crippen MR) is 120 cm³/mol. The first-order valence-electron chi connectivity index (χ1n) is 9.89. The number of hydrogen-bond donors (Lipinski definition) is 4. The van der Waals surface area contributed by atoms with Gasteiger partial charge < -0.3 is 20.5 Å². The van der Waals surface area contributed by atoms with Gasteiger partial charge in [-0.15, -0.1) is 0 Å². The third kappa shape index (κ3) is 3.55. The first kappa shape index (κ1) is 21.9. The summed E-state index contributed by atoms with van der Waals surface area (Å²) in [4.78, 5) is 26.8. The number of methoxy groups -OCH3 is 1. The Labute approximate surface area is 190 Å². The number of halogens is 2. The van der Waals surface area contributed by atoms with Crippen molar-refractivity contribution in [1.29, 1.82) is 0 Å². The number of aliphatic hydroxyl groups is 1. The molecule has 0 saturated carbocycles. The number of ether oxygens (including phenoxy) is 1. The van der Waals surface area contributed by atoms with Crippen molar-refractivity contribution in [3.63, 3.8) is 0 Å². The minimum Gasteiger partial charge on any atom is -0.495 e. The molecule has 0 unspecified atom stereocenters. The van der Waals surface area contributed by atoms with E-state index in [-0.39, 0.29) is 12.3 Å². The van der Waals surface area contributed by atoms with E-state index >= 15 is 0 Å². The van der Waals surface area contributed by atoms with E-state index in [9.17, 15) is 14.7 Å². The van der Waals surface area contributed by atoms with Gasteiger partial charge in [0.2, 0.25) is 11.8 Å². The van der Waals surface area contributed by atoms with Crippen molar-refractivity contribution >= 4 is 46.4 Å². The highest BCUT2D eigenvalue weighted by atomic mass is 35.5. The molecule has 2 aliphatic heterocycles. The molecule has 2 aromatic rings. The topological polar surface area (TPSA) is 99.7 Å². The smallest absolute Gasteiger partial charge is 0.250 e. The minimum atomic E-state index is -1.36. The van der Waals surface area contributed by atoms with Gasteiger partial charge >= 0.3 is 0 Å². The van der Waals surface area contributed by atoms with Gasteiger partial charge in [0.25, 0.3) is 0 Å². The minimum absolute atomic E-state index is 0.255. The van der Waals surface area contributed by atoms with Gasteiger partial charge in [0.1, 0.15) is 11.3 Å². The molecule has 4 rings (SSSR count). The van der Waals surface area contributed by atoms with Crippen LogP contribution in [0.4, 0.5) is 11.4 Å². The Morgan fingerprint density at radius 1 is 1.29 bits per heavy atom. The van der Waals surface area contributed by atoms with Crippen LogP contribution in [0.2, 0.25) is 10.0 Å². The van der Waals surface area contributed by atoms with Gasteiger partial charge in [0, 0.05) is 27.3 Å². The predicted octanol–water partition coefficient (Wildman–Crippen LogP) is 3.46. The van der Waals surface area contributed by atoms with Crippen LogP contribution < -0.4 is 20.7 Å². The Morgan fingerprint density at radius 2 is 2.03 bits per heavy atom. The zero-order chi connectivity index (χ0) is 22.5. The molecular formula is C22H23Cl2N3O4. The molecule has 1 fully saturated rings. The van der Waals surface area contributed by atoms with Crippen LogP contribution in [0.25, 0.3) is 0 Å². The number of hydrogen-bond acceptors (Lipinski definition) is 5. The highest BCUT2D eigenvalue weighted by Gasteiger charge is 2.61. The second kappa shape index (κ2) is 7.98. The SMILES string of the molecule is COc1ccc(Cl)cc1NC(=O)[C@H]1C[C@H]([C@H](C)O)N[C@]12C(=O)Nc1c(C)cc(Cl)cc12. The zero-order valence-electron chi connectivity index (χ0n) is 17.3. The normalized spacial score (nSPS) is 25.3. The van der Waals surface area contributed by atoms with Gasteiger partial charge in [0.05, 0.1) is 24.8 Å². The van der Waals surface area contributed by atoms with Crippen LogP contribution in [0.3, 0.4) is 0 Å². The summed E-state index contributed by atoms with van der Waals surface area (Å²) in [7, 11) is 1.49. The van der Waals surface area contributed by atoms with Crippen molar-refractivity contribution in [2.24, 2.45) is 5.92 Å². The van der Waals surface area contributed by atoms with Gasteiger partial charge in [-0.1, -0.05) is 23.2 Å². The lowest BCUT2D eigenvalue weighted by molar-refractivity contribution is -0.130. The number of aliphatic hydroxyl groups excluding tert-OH is 1. The fourth-order valence-corrected chi connectivity index (χ4v) is 4.99. The Hall–Kier alpha value is -2.32. The zero-order valence-corrected chi connectivity index (χ0v) is 18.8. The maximum atomic E-state index is 13.5. The number of carbonyl (C=O) groups excluding carboxylic acids is 2. The maximum absolute atomic E-state index is 13.5. The first-order chi connectivity index (χ1) is 14.7. The number of nitrogens with one attached hydrogen (secondary N) is 3. The molecule has 2 aromatic carbocycles. The molecule has 0 aromatic heterocycles. The van der Waals surface area contributed by atoms with Gasteiger partial charge in [-0.25, -0.2) is 0 Å². The molecule has 2 aliphatic rings. The standard InChI is InChI=1S/C22H23Cl2N3O4/c1-10-6-13(24)7-14-19(10)26-21(30)22(14)15(9-16(27-22)11(2)28)20(29)25-17-8-12(23)4-5-18(17)31-3/h4-8,11,15-16,27-28H,9H2,1-3H3,(H,25,29)(H,26,30)/t11-,15+,16+,22-/m0/s1.